The zero-order valence-electron chi connectivity index (χ0n) is 12.3. The maximum atomic E-state index is 12.1. The molecule has 1 heterocycles. The van der Waals surface area contributed by atoms with Crippen molar-refractivity contribution in [2.75, 3.05) is 26.8 Å². The van der Waals surface area contributed by atoms with Gasteiger partial charge in [0.25, 0.3) is 0 Å². The third-order valence-corrected chi connectivity index (χ3v) is 3.35. The molecule has 1 fully saturated rings. The fourth-order valence-electron chi connectivity index (χ4n) is 2.19. The molecule has 2 rings (SSSR count). The average Bonchev–Trinajstić information content (AvgIpc) is 2.99. The SMILES string of the molecule is CN(Cc1ccccc1C#CCN)C(=O)NC1CCOC1. The number of rotatable bonds is 3. The Morgan fingerprint density at radius 1 is 1.52 bits per heavy atom. The monoisotopic (exact) mass is 287 g/mol. The standard InChI is InChI=1S/C16H21N3O2/c1-19(16(20)18-15-8-10-21-12-15)11-14-6-3-2-5-13(14)7-4-9-17/h2-3,5-6,15H,8-12,17H2,1H3,(H,18,20). The molecule has 1 aliphatic heterocycles. The summed E-state index contributed by atoms with van der Waals surface area (Å²) in [5.74, 6) is 5.89. The highest BCUT2D eigenvalue weighted by Gasteiger charge is 2.19. The highest BCUT2D eigenvalue weighted by molar-refractivity contribution is 5.74. The summed E-state index contributed by atoms with van der Waals surface area (Å²) in [5, 5.41) is 2.97. The van der Waals surface area contributed by atoms with E-state index in [1.54, 1.807) is 11.9 Å². The van der Waals surface area contributed by atoms with Gasteiger partial charge in [0.2, 0.25) is 0 Å². The molecular weight excluding hydrogens is 266 g/mol. The quantitative estimate of drug-likeness (QED) is 0.813. The highest BCUT2D eigenvalue weighted by atomic mass is 16.5. The van der Waals surface area contributed by atoms with Gasteiger partial charge in [-0.2, -0.15) is 0 Å². The minimum absolute atomic E-state index is 0.0907. The Labute approximate surface area is 125 Å². The summed E-state index contributed by atoms with van der Waals surface area (Å²) < 4.78 is 5.26. The van der Waals surface area contributed by atoms with Crippen LogP contribution in [0.15, 0.2) is 24.3 Å². The second-order valence-electron chi connectivity index (χ2n) is 5.03. The molecule has 0 spiro atoms. The Morgan fingerprint density at radius 2 is 2.33 bits per heavy atom. The molecule has 0 radical (unpaired) electrons. The lowest BCUT2D eigenvalue weighted by Gasteiger charge is -2.21. The molecule has 0 aliphatic carbocycles. The lowest BCUT2D eigenvalue weighted by molar-refractivity contribution is 0.181. The van der Waals surface area contributed by atoms with Crippen LogP contribution in [0.1, 0.15) is 17.5 Å². The van der Waals surface area contributed by atoms with Crippen LogP contribution < -0.4 is 11.1 Å². The van der Waals surface area contributed by atoms with Gasteiger partial charge >= 0.3 is 6.03 Å². The number of nitrogens with one attached hydrogen (secondary N) is 1. The molecule has 2 amide bonds. The number of carbonyl (C=O) groups is 1. The molecule has 3 N–H and O–H groups in total. The molecule has 0 saturated carbocycles. The van der Waals surface area contributed by atoms with E-state index in [1.165, 1.54) is 0 Å². The maximum Gasteiger partial charge on any atom is 0.317 e. The number of nitrogens with two attached hydrogens (primary N) is 1. The summed E-state index contributed by atoms with van der Waals surface area (Å²) in [7, 11) is 1.78. The Morgan fingerprint density at radius 3 is 3.05 bits per heavy atom. The van der Waals surface area contributed by atoms with Crippen molar-refractivity contribution in [1.82, 2.24) is 10.2 Å². The number of urea groups is 1. The predicted molar refractivity (Wildman–Crippen MR) is 81.6 cm³/mol. The summed E-state index contributed by atoms with van der Waals surface area (Å²) in [5.41, 5.74) is 7.33. The van der Waals surface area contributed by atoms with Crippen LogP contribution in [0, 0.1) is 11.8 Å². The molecule has 1 unspecified atom stereocenters. The van der Waals surface area contributed by atoms with Crippen molar-refractivity contribution in [2.45, 2.75) is 19.0 Å². The summed E-state index contributed by atoms with van der Waals surface area (Å²) >= 11 is 0. The first-order valence-electron chi connectivity index (χ1n) is 7.07. The van der Waals surface area contributed by atoms with Crippen molar-refractivity contribution in [3.05, 3.63) is 35.4 Å². The first kappa shape index (κ1) is 15.4. The van der Waals surface area contributed by atoms with Crippen molar-refractivity contribution in [2.24, 2.45) is 5.73 Å². The normalized spacial score (nSPS) is 17.0. The highest BCUT2D eigenvalue weighted by Crippen LogP contribution is 2.11. The van der Waals surface area contributed by atoms with Crippen LogP contribution in [-0.4, -0.2) is 43.8 Å². The second-order valence-corrected chi connectivity index (χ2v) is 5.03. The molecule has 0 bridgehead atoms. The van der Waals surface area contributed by atoms with E-state index < -0.39 is 0 Å². The van der Waals surface area contributed by atoms with E-state index in [9.17, 15) is 4.79 Å². The zero-order valence-corrected chi connectivity index (χ0v) is 12.3. The Bertz CT molecular complexity index is 542. The first-order chi connectivity index (χ1) is 10.2. The van der Waals surface area contributed by atoms with E-state index in [-0.39, 0.29) is 12.1 Å². The Kier molecular flexibility index (Phi) is 5.61. The van der Waals surface area contributed by atoms with Crippen molar-refractivity contribution in [1.29, 1.82) is 0 Å². The Balaban J connectivity index is 1.98. The van der Waals surface area contributed by atoms with E-state index in [1.807, 2.05) is 24.3 Å². The number of nitrogens with zero attached hydrogens (tertiary/aromatic N) is 1. The van der Waals surface area contributed by atoms with Crippen LogP contribution in [0.25, 0.3) is 0 Å². The van der Waals surface area contributed by atoms with Crippen molar-refractivity contribution in [3.8, 4) is 11.8 Å². The van der Waals surface area contributed by atoms with Crippen LogP contribution in [0.5, 0.6) is 0 Å². The van der Waals surface area contributed by atoms with Crippen LogP contribution >= 0.6 is 0 Å². The molecule has 21 heavy (non-hydrogen) atoms. The zero-order chi connectivity index (χ0) is 15.1. The summed E-state index contributed by atoms with van der Waals surface area (Å²) in [6.07, 6.45) is 0.873. The van der Waals surface area contributed by atoms with E-state index in [4.69, 9.17) is 10.5 Å². The first-order valence-corrected chi connectivity index (χ1v) is 7.07. The van der Waals surface area contributed by atoms with Crippen molar-refractivity contribution < 1.29 is 9.53 Å². The lowest BCUT2D eigenvalue weighted by Crippen LogP contribution is -2.43. The van der Waals surface area contributed by atoms with Gasteiger partial charge < -0.3 is 20.7 Å². The molecule has 1 saturated heterocycles. The molecule has 1 aromatic carbocycles. The number of amides is 2. The van der Waals surface area contributed by atoms with Gasteiger partial charge in [-0.3, -0.25) is 0 Å². The molecule has 5 nitrogen and oxygen atoms in total. The number of hydrogen-bond donors (Lipinski definition) is 2. The van der Waals surface area contributed by atoms with Crippen molar-refractivity contribution in [3.63, 3.8) is 0 Å². The van der Waals surface area contributed by atoms with Gasteiger partial charge in [0.05, 0.1) is 19.2 Å². The third-order valence-electron chi connectivity index (χ3n) is 3.35. The van der Waals surface area contributed by atoms with Crippen LogP contribution in [0.4, 0.5) is 4.79 Å². The topological polar surface area (TPSA) is 67.6 Å². The summed E-state index contributed by atoms with van der Waals surface area (Å²) in [6.45, 7) is 2.14. The molecule has 1 aliphatic rings. The second kappa shape index (κ2) is 7.67. The van der Waals surface area contributed by atoms with E-state index in [0.29, 0.717) is 26.3 Å². The van der Waals surface area contributed by atoms with Gasteiger partial charge in [0, 0.05) is 25.8 Å². The fraction of sp³-hybridized carbons (Fsp3) is 0.438. The molecule has 1 atom stereocenters. The van der Waals surface area contributed by atoms with Crippen LogP contribution in [0.3, 0.4) is 0 Å². The number of benzene rings is 1. The van der Waals surface area contributed by atoms with Crippen LogP contribution in [0.2, 0.25) is 0 Å². The lowest BCUT2D eigenvalue weighted by atomic mass is 10.1. The largest absolute Gasteiger partial charge is 0.379 e. The number of ether oxygens (including phenoxy) is 1. The number of carbonyl (C=O) groups excluding carboxylic acids is 1. The minimum Gasteiger partial charge on any atom is -0.379 e. The average molecular weight is 287 g/mol. The van der Waals surface area contributed by atoms with Gasteiger partial charge in [-0.1, -0.05) is 30.0 Å². The number of hydrogen-bond acceptors (Lipinski definition) is 3. The van der Waals surface area contributed by atoms with Gasteiger partial charge in [0.1, 0.15) is 0 Å². The fourth-order valence-corrected chi connectivity index (χ4v) is 2.19. The third kappa shape index (κ3) is 4.48. The molecular formula is C16H21N3O2. The summed E-state index contributed by atoms with van der Waals surface area (Å²) in [4.78, 5) is 13.8. The van der Waals surface area contributed by atoms with Crippen LogP contribution in [-0.2, 0) is 11.3 Å². The predicted octanol–water partition coefficient (Wildman–Crippen LogP) is 0.927. The molecule has 0 aromatic heterocycles. The van der Waals surface area contributed by atoms with E-state index in [2.05, 4.69) is 17.2 Å². The Hall–Kier alpha value is -2.03. The minimum atomic E-state index is -0.0907. The van der Waals surface area contributed by atoms with Gasteiger partial charge in [-0.15, -0.1) is 0 Å². The smallest absolute Gasteiger partial charge is 0.317 e. The maximum absolute atomic E-state index is 12.1. The van der Waals surface area contributed by atoms with Crippen molar-refractivity contribution >= 4 is 6.03 Å². The molecule has 1 aromatic rings. The molecule has 5 heteroatoms. The van der Waals surface area contributed by atoms with E-state index >= 15 is 0 Å². The van der Waals surface area contributed by atoms with Gasteiger partial charge in [-0.05, 0) is 18.1 Å². The van der Waals surface area contributed by atoms with Gasteiger partial charge in [0.15, 0.2) is 0 Å². The molecule has 112 valence electrons. The van der Waals surface area contributed by atoms with E-state index in [0.717, 1.165) is 17.5 Å². The summed E-state index contributed by atoms with van der Waals surface area (Å²) in [6, 6.07) is 7.82. The van der Waals surface area contributed by atoms with Gasteiger partial charge in [-0.25, -0.2) is 4.79 Å².